The fourth-order valence-corrected chi connectivity index (χ4v) is 6.62. The van der Waals surface area contributed by atoms with Crippen LogP contribution in [0.2, 0.25) is 0 Å². The van der Waals surface area contributed by atoms with Crippen molar-refractivity contribution >= 4 is 21.7 Å². The van der Waals surface area contributed by atoms with Crippen LogP contribution in [0, 0.1) is 5.82 Å². The second-order valence-electron chi connectivity index (χ2n) is 11.1. The lowest BCUT2D eigenvalue weighted by Gasteiger charge is -2.41. The Morgan fingerprint density at radius 1 is 1.18 bits per heavy atom. The zero-order chi connectivity index (χ0) is 29.5. The largest absolute Gasteiger partial charge is 0.494 e. The summed E-state index contributed by atoms with van der Waals surface area (Å²) in [4.78, 5) is 25.9. The number of amides is 1. The smallest absolute Gasteiger partial charge is 0.413 e. The maximum atomic E-state index is 15.4. The van der Waals surface area contributed by atoms with Crippen LogP contribution in [0.25, 0.3) is 22.8 Å². The van der Waals surface area contributed by atoms with Gasteiger partial charge in [0.1, 0.15) is 27.5 Å². The molecule has 1 aliphatic heterocycles. The highest BCUT2D eigenvalue weighted by molar-refractivity contribution is 7.95. The summed E-state index contributed by atoms with van der Waals surface area (Å²) >= 11 is 0. The summed E-state index contributed by atoms with van der Waals surface area (Å²) in [5.74, 6) is 0.608. The molecule has 214 valence electrons. The second-order valence-corrected chi connectivity index (χ2v) is 14.0. The number of hydrogen-bond acceptors (Lipinski definition) is 10. The Morgan fingerprint density at radius 2 is 1.85 bits per heavy atom. The lowest BCUT2D eigenvalue weighted by molar-refractivity contribution is 0.0560. The average Bonchev–Trinajstić information content (AvgIpc) is 3.37. The number of methoxy groups -OCH3 is 1. The Kier molecular flexibility index (Phi) is 7.48. The number of hydrogen-bond donors (Lipinski definition) is 1. The van der Waals surface area contributed by atoms with Gasteiger partial charge in [-0.2, -0.15) is 0 Å². The molecule has 40 heavy (non-hydrogen) atoms. The van der Waals surface area contributed by atoms with Crippen molar-refractivity contribution in [3.63, 3.8) is 0 Å². The SMILES string of the molecule is CN=[S@@]1(=O)C[C@@](C)(c2cc(-c3cc(-c4ncc(OC)cn4)no3)ccc2F)N=C(NC(=O)OC(C)(C)C)C1(C)C. The Bertz CT molecular complexity index is 1590. The highest BCUT2D eigenvalue weighted by Gasteiger charge is 2.49. The number of amidine groups is 1. The van der Waals surface area contributed by atoms with Crippen LogP contribution in [0.5, 0.6) is 5.75 Å². The van der Waals surface area contributed by atoms with Crippen LogP contribution in [0.15, 0.2) is 50.5 Å². The third kappa shape index (κ3) is 5.55. The van der Waals surface area contributed by atoms with Crippen LogP contribution in [-0.4, -0.2) is 61.5 Å². The first kappa shape index (κ1) is 29.1. The van der Waals surface area contributed by atoms with Gasteiger partial charge in [-0.25, -0.2) is 27.7 Å². The number of nitrogens with one attached hydrogen (secondary N) is 1. The molecule has 1 aromatic carbocycles. The van der Waals surface area contributed by atoms with E-state index < -0.39 is 37.5 Å². The molecule has 0 radical (unpaired) electrons. The zero-order valence-corrected chi connectivity index (χ0v) is 24.6. The van der Waals surface area contributed by atoms with E-state index in [9.17, 15) is 9.00 Å². The molecule has 0 saturated heterocycles. The lowest BCUT2D eigenvalue weighted by Crippen LogP contribution is -2.57. The van der Waals surface area contributed by atoms with Crippen molar-refractivity contribution in [3.05, 3.63) is 48.0 Å². The van der Waals surface area contributed by atoms with E-state index in [-0.39, 0.29) is 17.2 Å². The van der Waals surface area contributed by atoms with Gasteiger partial charge in [0.25, 0.3) is 0 Å². The Balaban J connectivity index is 1.77. The van der Waals surface area contributed by atoms with Crippen LogP contribution >= 0.6 is 0 Å². The van der Waals surface area contributed by atoms with E-state index in [0.717, 1.165) is 0 Å². The highest BCUT2D eigenvalue weighted by atomic mass is 32.2. The molecule has 2 atom stereocenters. The predicted octanol–water partition coefficient (Wildman–Crippen LogP) is 4.97. The Hall–Kier alpha value is -3.87. The van der Waals surface area contributed by atoms with E-state index in [4.69, 9.17) is 19.0 Å². The molecule has 13 heteroatoms. The van der Waals surface area contributed by atoms with Gasteiger partial charge in [0, 0.05) is 24.2 Å². The summed E-state index contributed by atoms with van der Waals surface area (Å²) in [7, 11) is -0.0745. The highest BCUT2D eigenvalue weighted by Crippen LogP contribution is 2.40. The first-order chi connectivity index (χ1) is 18.6. The molecule has 0 fully saturated rings. The predicted molar refractivity (Wildman–Crippen MR) is 149 cm³/mol. The first-order valence-corrected chi connectivity index (χ1v) is 14.2. The van der Waals surface area contributed by atoms with E-state index in [0.29, 0.717) is 28.6 Å². The van der Waals surface area contributed by atoms with Gasteiger partial charge in [0.15, 0.2) is 23.0 Å². The molecular weight excluding hydrogens is 539 g/mol. The maximum absolute atomic E-state index is 15.4. The monoisotopic (exact) mass is 572 g/mol. The minimum Gasteiger partial charge on any atom is -0.494 e. The van der Waals surface area contributed by atoms with Gasteiger partial charge in [-0.3, -0.25) is 10.3 Å². The van der Waals surface area contributed by atoms with Crippen molar-refractivity contribution in [2.75, 3.05) is 19.9 Å². The summed E-state index contributed by atoms with van der Waals surface area (Å²) in [6.45, 7) is 10.2. The van der Waals surface area contributed by atoms with Crippen molar-refractivity contribution in [1.82, 2.24) is 20.4 Å². The first-order valence-electron chi connectivity index (χ1n) is 12.5. The third-order valence-electron chi connectivity index (χ3n) is 6.55. The number of ether oxygens (including phenoxy) is 2. The molecule has 3 aromatic rings. The molecular formula is C27H33FN6O5S. The van der Waals surface area contributed by atoms with Gasteiger partial charge >= 0.3 is 6.09 Å². The van der Waals surface area contributed by atoms with Crippen LogP contribution in [0.3, 0.4) is 0 Å². The summed E-state index contributed by atoms with van der Waals surface area (Å²) in [6, 6.07) is 6.02. The fraction of sp³-hybridized carbons (Fsp3) is 0.444. The molecule has 4 rings (SSSR count). The molecule has 0 bridgehead atoms. The van der Waals surface area contributed by atoms with Gasteiger partial charge in [0.05, 0.1) is 35.0 Å². The van der Waals surface area contributed by atoms with Crippen LogP contribution in [-0.2, 0) is 20.0 Å². The average molecular weight is 573 g/mol. The quantitative estimate of drug-likeness (QED) is 0.462. The summed E-state index contributed by atoms with van der Waals surface area (Å²) in [5.41, 5.74) is -1.08. The van der Waals surface area contributed by atoms with E-state index in [1.165, 1.54) is 32.6 Å². The molecule has 0 spiro atoms. The molecule has 11 nitrogen and oxygen atoms in total. The van der Waals surface area contributed by atoms with Crippen molar-refractivity contribution < 1.29 is 27.4 Å². The molecule has 1 aliphatic rings. The number of aromatic nitrogens is 3. The second kappa shape index (κ2) is 10.3. The number of carbonyl (C=O) groups excluding carboxylic acids is 1. The van der Waals surface area contributed by atoms with Gasteiger partial charge in [-0.05, 0) is 59.7 Å². The van der Waals surface area contributed by atoms with E-state index in [1.807, 2.05) is 0 Å². The fourth-order valence-electron chi connectivity index (χ4n) is 4.30. The van der Waals surface area contributed by atoms with Gasteiger partial charge in [-0.15, -0.1) is 0 Å². The maximum Gasteiger partial charge on any atom is 0.413 e. The molecule has 1 N–H and O–H groups in total. The standard InChI is InChI=1S/C27H33FN6O5S/c1-25(2,3)38-24(35)32-23-26(4,5)40(36,29-7)15-27(6,33-23)18-11-16(9-10-19(18)28)21-12-20(34-39-21)22-30-13-17(37-8)14-31-22/h9-14H,15H2,1-8H3,(H,32,33,35)/t27-,40+/m0/s1. The number of benzene rings is 1. The van der Waals surface area contributed by atoms with Crippen LogP contribution in [0.1, 0.15) is 47.1 Å². The van der Waals surface area contributed by atoms with Crippen molar-refractivity contribution in [2.45, 2.75) is 57.4 Å². The zero-order valence-electron chi connectivity index (χ0n) is 23.7. The molecule has 0 unspecified atom stereocenters. The summed E-state index contributed by atoms with van der Waals surface area (Å²) in [5, 5.41) is 6.70. The number of carbonyl (C=O) groups is 1. The number of aliphatic imine (C=N–C) groups is 1. The molecule has 2 aromatic heterocycles. The van der Waals surface area contributed by atoms with E-state index >= 15 is 4.39 Å². The topological polar surface area (TPSA) is 141 Å². The third-order valence-corrected chi connectivity index (χ3v) is 9.88. The van der Waals surface area contributed by atoms with Gasteiger partial charge < -0.3 is 14.0 Å². The van der Waals surface area contributed by atoms with Gasteiger partial charge in [-0.1, -0.05) is 5.16 Å². The van der Waals surface area contributed by atoms with Crippen LogP contribution < -0.4 is 10.1 Å². The Labute approximate surface area is 232 Å². The van der Waals surface area contributed by atoms with E-state index in [2.05, 4.69) is 24.8 Å². The number of alkyl carbamates (subject to hydrolysis) is 1. The van der Waals surface area contributed by atoms with Crippen molar-refractivity contribution in [1.29, 1.82) is 0 Å². The molecule has 3 heterocycles. The number of halogens is 1. The lowest BCUT2D eigenvalue weighted by atomic mass is 9.91. The van der Waals surface area contributed by atoms with Crippen molar-refractivity contribution in [2.24, 2.45) is 9.36 Å². The van der Waals surface area contributed by atoms with Gasteiger partial charge in [0.2, 0.25) is 0 Å². The minimum absolute atomic E-state index is 0.0787. The Morgan fingerprint density at radius 3 is 2.45 bits per heavy atom. The molecule has 1 amide bonds. The number of nitrogens with zero attached hydrogens (tertiary/aromatic N) is 5. The summed E-state index contributed by atoms with van der Waals surface area (Å²) in [6.07, 6.45) is 2.26. The number of rotatable bonds is 4. The summed E-state index contributed by atoms with van der Waals surface area (Å²) < 4.78 is 48.7. The van der Waals surface area contributed by atoms with E-state index in [1.54, 1.807) is 59.7 Å². The molecule has 0 saturated carbocycles. The normalized spacial score (nSPS) is 22.3. The van der Waals surface area contributed by atoms with Crippen LogP contribution in [0.4, 0.5) is 9.18 Å². The molecule has 0 aliphatic carbocycles. The minimum atomic E-state index is -3.04. The van der Waals surface area contributed by atoms with Crippen molar-refractivity contribution in [3.8, 4) is 28.6 Å².